The minimum absolute atomic E-state index is 0.111. The molecule has 116 valence electrons. The Morgan fingerprint density at radius 2 is 2.10 bits per heavy atom. The molecule has 0 aromatic rings. The highest BCUT2D eigenvalue weighted by molar-refractivity contribution is 5.86. The molecular formula is C17H24O4. The van der Waals surface area contributed by atoms with Gasteiger partial charge in [0.25, 0.3) is 0 Å². The summed E-state index contributed by atoms with van der Waals surface area (Å²) in [4.78, 5) is 11.4. The topological polar surface area (TPSA) is 55.8 Å². The monoisotopic (exact) mass is 292 g/mol. The fourth-order valence-electron chi connectivity index (χ4n) is 5.66. The Bertz CT molecular complexity index is 506. The number of hydrogen-bond acceptors (Lipinski definition) is 4. The largest absolute Gasteiger partial charge is 0.457 e. The van der Waals surface area contributed by atoms with E-state index in [0.29, 0.717) is 22.8 Å². The fourth-order valence-corrected chi connectivity index (χ4v) is 5.66. The first-order chi connectivity index (χ1) is 9.87. The van der Waals surface area contributed by atoms with Gasteiger partial charge in [0, 0.05) is 5.57 Å². The summed E-state index contributed by atoms with van der Waals surface area (Å²) in [7, 11) is 0. The van der Waals surface area contributed by atoms with Crippen molar-refractivity contribution in [2.45, 2.75) is 51.4 Å². The summed E-state index contributed by atoms with van der Waals surface area (Å²) in [5.74, 6) is 2.40. The maximum atomic E-state index is 11.4. The zero-order valence-electron chi connectivity index (χ0n) is 12.8. The Labute approximate surface area is 125 Å². The number of rotatable bonds is 5. The van der Waals surface area contributed by atoms with Gasteiger partial charge >= 0.3 is 5.97 Å². The first-order valence-electron chi connectivity index (χ1n) is 8.05. The molecular weight excluding hydrogens is 268 g/mol. The molecule has 7 atom stereocenters. The molecule has 1 spiro atoms. The second kappa shape index (κ2) is 4.11. The molecule has 4 rings (SSSR count). The van der Waals surface area contributed by atoms with Crippen LogP contribution in [0.2, 0.25) is 0 Å². The Kier molecular flexibility index (Phi) is 2.69. The number of esters is 1. The molecule has 0 aliphatic heterocycles. The maximum absolute atomic E-state index is 11.4. The van der Waals surface area contributed by atoms with E-state index in [4.69, 9.17) is 9.47 Å². The Morgan fingerprint density at radius 1 is 1.33 bits per heavy atom. The van der Waals surface area contributed by atoms with Gasteiger partial charge < -0.3 is 14.6 Å². The summed E-state index contributed by atoms with van der Waals surface area (Å²) >= 11 is 0. The van der Waals surface area contributed by atoms with Crippen molar-refractivity contribution in [1.29, 1.82) is 0 Å². The van der Waals surface area contributed by atoms with Crippen molar-refractivity contribution in [3.63, 3.8) is 0 Å². The van der Waals surface area contributed by atoms with Crippen LogP contribution in [0.1, 0.15) is 39.5 Å². The SMILES string of the molecule is C=C(C)C(=O)OCC(O)OC1(C)C2CC3CC34CC1C4C2. The van der Waals surface area contributed by atoms with E-state index in [0.717, 1.165) is 11.8 Å². The Hall–Kier alpha value is -0.870. The van der Waals surface area contributed by atoms with Crippen LogP contribution in [0.4, 0.5) is 0 Å². The highest BCUT2D eigenvalue weighted by Crippen LogP contribution is 2.83. The normalized spacial score (nSPS) is 49.9. The summed E-state index contributed by atoms with van der Waals surface area (Å²) in [6, 6.07) is 0. The summed E-state index contributed by atoms with van der Waals surface area (Å²) in [6.07, 6.45) is 4.18. The van der Waals surface area contributed by atoms with Gasteiger partial charge in [-0.25, -0.2) is 4.79 Å². The smallest absolute Gasteiger partial charge is 0.333 e. The summed E-state index contributed by atoms with van der Waals surface area (Å²) in [5, 5.41) is 10.1. The van der Waals surface area contributed by atoms with E-state index >= 15 is 0 Å². The van der Waals surface area contributed by atoms with E-state index in [9.17, 15) is 9.90 Å². The summed E-state index contributed by atoms with van der Waals surface area (Å²) < 4.78 is 11.0. The van der Waals surface area contributed by atoms with Gasteiger partial charge in [0.1, 0.15) is 6.61 Å². The number of aliphatic hydroxyl groups is 1. The first-order valence-corrected chi connectivity index (χ1v) is 8.05. The number of aliphatic hydroxyl groups excluding tert-OH is 1. The van der Waals surface area contributed by atoms with Crippen molar-refractivity contribution in [2.24, 2.45) is 29.1 Å². The first kappa shape index (κ1) is 13.8. The van der Waals surface area contributed by atoms with E-state index in [-0.39, 0.29) is 12.2 Å². The minimum atomic E-state index is -1.04. The lowest BCUT2D eigenvalue weighted by molar-refractivity contribution is -0.233. The van der Waals surface area contributed by atoms with Crippen molar-refractivity contribution >= 4 is 5.97 Å². The molecule has 0 amide bonds. The molecule has 0 aromatic heterocycles. The molecule has 4 saturated carbocycles. The standard InChI is InChI=1S/C17H24O4/c1-9(2)15(19)20-8-14(18)21-16(3)10-4-11-6-17(11)7-13(16)12(17)5-10/h10-14,18H,1,4-8H2,2-3H3. The zero-order valence-corrected chi connectivity index (χ0v) is 12.8. The number of carbonyl (C=O) groups is 1. The molecule has 4 heteroatoms. The van der Waals surface area contributed by atoms with Gasteiger partial charge in [-0.05, 0) is 68.6 Å². The quantitative estimate of drug-likeness (QED) is 0.480. The third-order valence-electron chi connectivity index (χ3n) is 6.85. The average molecular weight is 292 g/mol. The second-order valence-electron chi connectivity index (χ2n) is 7.85. The van der Waals surface area contributed by atoms with Crippen LogP contribution in [0.5, 0.6) is 0 Å². The van der Waals surface area contributed by atoms with Gasteiger partial charge in [0.05, 0.1) is 5.60 Å². The van der Waals surface area contributed by atoms with E-state index < -0.39 is 12.3 Å². The van der Waals surface area contributed by atoms with Crippen LogP contribution in [-0.2, 0) is 14.3 Å². The molecule has 0 radical (unpaired) electrons. The lowest BCUT2D eigenvalue weighted by atomic mass is 9.60. The fraction of sp³-hybridized carbons (Fsp3) is 0.824. The number of carbonyl (C=O) groups excluding carboxylic acids is 1. The average Bonchev–Trinajstić information content (AvgIpc) is 3.11. The van der Waals surface area contributed by atoms with Crippen molar-refractivity contribution in [3.05, 3.63) is 12.2 Å². The molecule has 4 fully saturated rings. The minimum Gasteiger partial charge on any atom is -0.457 e. The van der Waals surface area contributed by atoms with Gasteiger partial charge in [-0.3, -0.25) is 0 Å². The molecule has 4 aliphatic rings. The molecule has 4 nitrogen and oxygen atoms in total. The lowest BCUT2D eigenvalue weighted by Crippen LogP contribution is -2.49. The number of hydrogen-bond donors (Lipinski definition) is 1. The van der Waals surface area contributed by atoms with E-state index in [2.05, 4.69) is 13.5 Å². The van der Waals surface area contributed by atoms with Crippen molar-refractivity contribution in [1.82, 2.24) is 0 Å². The third-order valence-corrected chi connectivity index (χ3v) is 6.85. The highest BCUT2D eigenvalue weighted by Gasteiger charge is 2.78. The van der Waals surface area contributed by atoms with Crippen LogP contribution in [-0.4, -0.2) is 29.6 Å². The molecule has 7 unspecified atom stereocenters. The molecule has 4 aliphatic carbocycles. The van der Waals surface area contributed by atoms with Crippen LogP contribution in [0.3, 0.4) is 0 Å². The van der Waals surface area contributed by atoms with Crippen molar-refractivity contribution in [3.8, 4) is 0 Å². The molecule has 0 aromatic carbocycles. The molecule has 1 N–H and O–H groups in total. The van der Waals surface area contributed by atoms with E-state index in [1.165, 1.54) is 25.7 Å². The highest BCUT2D eigenvalue weighted by atomic mass is 16.6. The van der Waals surface area contributed by atoms with Gasteiger partial charge in [-0.2, -0.15) is 0 Å². The molecule has 2 bridgehead atoms. The molecule has 0 saturated heterocycles. The second-order valence-corrected chi connectivity index (χ2v) is 7.85. The Balaban J connectivity index is 1.38. The maximum Gasteiger partial charge on any atom is 0.333 e. The van der Waals surface area contributed by atoms with Crippen LogP contribution < -0.4 is 0 Å². The van der Waals surface area contributed by atoms with Crippen LogP contribution in [0.15, 0.2) is 12.2 Å². The van der Waals surface area contributed by atoms with Crippen molar-refractivity contribution < 1.29 is 19.4 Å². The van der Waals surface area contributed by atoms with E-state index in [1.807, 2.05) is 0 Å². The predicted molar refractivity (Wildman–Crippen MR) is 76.1 cm³/mol. The van der Waals surface area contributed by atoms with Crippen LogP contribution in [0, 0.1) is 29.1 Å². The number of ether oxygens (including phenoxy) is 2. The lowest BCUT2D eigenvalue weighted by Gasteiger charge is -2.48. The summed E-state index contributed by atoms with van der Waals surface area (Å²) in [5.41, 5.74) is 0.768. The van der Waals surface area contributed by atoms with Gasteiger partial charge in [-0.1, -0.05) is 6.58 Å². The van der Waals surface area contributed by atoms with Crippen LogP contribution >= 0.6 is 0 Å². The van der Waals surface area contributed by atoms with E-state index in [1.54, 1.807) is 6.92 Å². The Morgan fingerprint density at radius 3 is 2.81 bits per heavy atom. The number of fused-ring (bicyclic) bond motifs is 1. The molecule has 0 heterocycles. The van der Waals surface area contributed by atoms with Crippen LogP contribution in [0.25, 0.3) is 0 Å². The van der Waals surface area contributed by atoms with Gasteiger partial charge in [0.15, 0.2) is 6.29 Å². The zero-order chi connectivity index (χ0) is 15.0. The molecule has 21 heavy (non-hydrogen) atoms. The predicted octanol–water partition coefficient (Wildman–Crippen LogP) is 2.27. The van der Waals surface area contributed by atoms with Gasteiger partial charge in [-0.15, -0.1) is 0 Å². The van der Waals surface area contributed by atoms with Gasteiger partial charge in [0.2, 0.25) is 0 Å². The third kappa shape index (κ3) is 1.72. The van der Waals surface area contributed by atoms with Crippen molar-refractivity contribution in [2.75, 3.05) is 6.61 Å². The summed E-state index contributed by atoms with van der Waals surface area (Å²) in [6.45, 7) is 7.17.